The predicted molar refractivity (Wildman–Crippen MR) is 150 cm³/mol. The minimum atomic E-state index is -0.130. The molecule has 210 valence electrons. The van der Waals surface area contributed by atoms with Crippen LogP contribution >= 0.6 is 0 Å². The van der Waals surface area contributed by atoms with Gasteiger partial charge in [0.25, 0.3) is 0 Å². The van der Waals surface area contributed by atoms with Crippen LogP contribution in [0.25, 0.3) is 0 Å². The Bertz CT molecular complexity index is 1180. The van der Waals surface area contributed by atoms with E-state index in [1.165, 1.54) is 0 Å². The molecule has 0 bridgehead atoms. The molecule has 0 atom stereocenters. The molecule has 0 aliphatic carbocycles. The van der Waals surface area contributed by atoms with Crippen molar-refractivity contribution in [2.75, 3.05) is 47.6 Å². The van der Waals surface area contributed by atoms with Crippen LogP contribution in [0.1, 0.15) is 35.5 Å². The van der Waals surface area contributed by atoms with E-state index >= 15 is 0 Å². The molecule has 0 radical (unpaired) electrons. The first kappa shape index (κ1) is 29.8. The van der Waals surface area contributed by atoms with Crippen molar-refractivity contribution in [3.8, 4) is 11.5 Å². The number of ether oxygens (including phenoxy) is 3. The molecule has 8 nitrogen and oxygen atoms in total. The Kier molecular flexibility index (Phi) is 11.9. The van der Waals surface area contributed by atoms with Crippen LogP contribution in [0.4, 0.5) is 0 Å². The second-order valence-electron chi connectivity index (χ2n) is 9.41. The van der Waals surface area contributed by atoms with Crippen molar-refractivity contribution in [3.05, 3.63) is 83.3 Å². The predicted octanol–water partition coefficient (Wildman–Crippen LogP) is 4.67. The summed E-state index contributed by atoms with van der Waals surface area (Å²) in [5, 5.41) is 0. The molecule has 1 heterocycles. The van der Waals surface area contributed by atoms with Crippen LogP contribution in [0.2, 0.25) is 0 Å². The van der Waals surface area contributed by atoms with Crippen molar-refractivity contribution in [2.24, 2.45) is 0 Å². The Morgan fingerprint density at radius 3 is 2.23 bits per heavy atom. The first-order valence-corrected chi connectivity index (χ1v) is 13.3. The lowest BCUT2D eigenvalue weighted by atomic mass is 10.1. The van der Waals surface area contributed by atoms with E-state index in [-0.39, 0.29) is 18.4 Å². The van der Waals surface area contributed by atoms with Gasteiger partial charge in [-0.05, 0) is 61.6 Å². The molecule has 0 saturated carbocycles. The van der Waals surface area contributed by atoms with E-state index in [1.54, 1.807) is 31.1 Å². The number of hydrogen-bond donors (Lipinski definition) is 0. The van der Waals surface area contributed by atoms with Gasteiger partial charge in [-0.3, -0.25) is 9.59 Å². The minimum Gasteiger partial charge on any atom is -0.493 e. The molecule has 3 rings (SSSR count). The van der Waals surface area contributed by atoms with Gasteiger partial charge in [-0.1, -0.05) is 36.4 Å². The number of aryl methyl sites for hydroxylation is 2. The molecule has 2 amide bonds. The average Bonchev–Trinajstić information content (AvgIpc) is 3.38. The van der Waals surface area contributed by atoms with Gasteiger partial charge < -0.3 is 28.4 Å². The topological polar surface area (TPSA) is 81.5 Å². The number of methoxy groups -OCH3 is 3. The maximum absolute atomic E-state index is 13.6. The molecule has 0 unspecified atom stereocenters. The highest BCUT2D eigenvalue weighted by Crippen LogP contribution is 2.28. The second kappa shape index (κ2) is 15.6. The summed E-state index contributed by atoms with van der Waals surface area (Å²) in [6, 6.07) is 19.4. The smallest absolute Gasteiger partial charge is 0.242 e. The highest BCUT2D eigenvalue weighted by Gasteiger charge is 2.22. The van der Waals surface area contributed by atoms with Crippen molar-refractivity contribution in [1.29, 1.82) is 0 Å². The summed E-state index contributed by atoms with van der Waals surface area (Å²) in [5.74, 6) is 2.61. The number of amides is 2. The Morgan fingerprint density at radius 2 is 1.56 bits per heavy atom. The third-order valence-corrected chi connectivity index (χ3v) is 6.54. The molecule has 39 heavy (non-hydrogen) atoms. The van der Waals surface area contributed by atoms with E-state index in [0.717, 1.165) is 16.9 Å². The lowest BCUT2D eigenvalue weighted by Gasteiger charge is -2.27. The van der Waals surface area contributed by atoms with E-state index in [9.17, 15) is 9.59 Å². The molecule has 0 N–H and O–H groups in total. The van der Waals surface area contributed by atoms with Crippen LogP contribution in [0, 0.1) is 6.92 Å². The fraction of sp³-hybridized carbons (Fsp3) is 0.419. The molecule has 1 aromatic heterocycles. The van der Waals surface area contributed by atoms with Crippen molar-refractivity contribution >= 4 is 11.8 Å². The van der Waals surface area contributed by atoms with Crippen molar-refractivity contribution in [1.82, 2.24) is 9.80 Å². The number of carbonyl (C=O) groups is 2. The van der Waals surface area contributed by atoms with Gasteiger partial charge in [-0.15, -0.1) is 0 Å². The van der Waals surface area contributed by atoms with Crippen LogP contribution in [-0.2, 0) is 33.7 Å². The number of benzene rings is 2. The van der Waals surface area contributed by atoms with Gasteiger partial charge in [0, 0.05) is 33.2 Å². The monoisotopic (exact) mass is 536 g/mol. The largest absolute Gasteiger partial charge is 0.493 e. The zero-order valence-electron chi connectivity index (χ0n) is 23.5. The fourth-order valence-electron chi connectivity index (χ4n) is 4.36. The molecule has 0 aliphatic rings. The Morgan fingerprint density at radius 1 is 0.795 bits per heavy atom. The average molecular weight is 537 g/mol. The highest BCUT2D eigenvalue weighted by atomic mass is 16.5. The lowest BCUT2D eigenvalue weighted by molar-refractivity contribution is -0.141. The van der Waals surface area contributed by atoms with E-state index in [1.807, 2.05) is 67.6 Å². The van der Waals surface area contributed by atoms with Gasteiger partial charge in [-0.25, -0.2) is 0 Å². The Balaban J connectivity index is 1.72. The molecule has 0 saturated heterocycles. The summed E-state index contributed by atoms with van der Waals surface area (Å²) in [6.45, 7) is 3.63. The lowest BCUT2D eigenvalue weighted by Crippen LogP contribution is -2.44. The second-order valence-corrected chi connectivity index (χ2v) is 9.41. The zero-order chi connectivity index (χ0) is 28.0. The summed E-state index contributed by atoms with van der Waals surface area (Å²) in [7, 11) is 4.83. The van der Waals surface area contributed by atoms with Crippen LogP contribution in [0.3, 0.4) is 0 Å². The highest BCUT2D eigenvalue weighted by molar-refractivity contribution is 5.85. The van der Waals surface area contributed by atoms with E-state index in [2.05, 4.69) is 0 Å². The van der Waals surface area contributed by atoms with Gasteiger partial charge in [0.05, 0.1) is 27.3 Å². The molecule has 2 aromatic carbocycles. The summed E-state index contributed by atoms with van der Waals surface area (Å²) >= 11 is 0. The normalized spacial score (nSPS) is 10.8. The molecular weight excluding hydrogens is 496 g/mol. The van der Waals surface area contributed by atoms with Gasteiger partial charge >= 0.3 is 0 Å². The van der Waals surface area contributed by atoms with Crippen LogP contribution in [0.5, 0.6) is 11.5 Å². The van der Waals surface area contributed by atoms with Crippen LogP contribution in [-0.4, -0.2) is 69.2 Å². The standard InChI is InChI=1S/C31H40N2O6/c1-24-11-14-27(39-24)22-33(19-17-26-12-15-28(37-3)29(21-26)38-4)31(35)23-32(18-8-20-36-2)30(34)16-13-25-9-6-5-7-10-25/h5-7,9-12,14-15,21H,8,13,16-20,22-23H2,1-4H3. The third kappa shape index (κ3) is 9.48. The van der Waals surface area contributed by atoms with E-state index in [4.69, 9.17) is 18.6 Å². The maximum Gasteiger partial charge on any atom is 0.242 e. The van der Waals surface area contributed by atoms with Gasteiger partial charge in [0.2, 0.25) is 11.8 Å². The number of hydrogen-bond acceptors (Lipinski definition) is 6. The number of carbonyl (C=O) groups excluding carboxylic acids is 2. The Labute approximate surface area is 231 Å². The SMILES string of the molecule is COCCCN(CC(=O)N(CCc1ccc(OC)c(OC)c1)Cc1ccc(C)o1)C(=O)CCc1ccccc1. The van der Waals surface area contributed by atoms with Crippen molar-refractivity contribution in [2.45, 2.75) is 39.2 Å². The minimum absolute atomic E-state index is 0.00294. The first-order valence-electron chi connectivity index (χ1n) is 13.3. The van der Waals surface area contributed by atoms with Crippen LogP contribution < -0.4 is 9.47 Å². The van der Waals surface area contributed by atoms with Gasteiger partial charge in [0.15, 0.2) is 11.5 Å². The third-order valence-electron chi connectivity index (χ3n) is 6.54. The van der Waals surface area contributed by atoms with Crippen molar-refractivity contribution in [3.63, 3.8) is 0 Å². The summed E-state index contributed by atoms with van der Waals surface area (Å²) < 4.78 is 21.7. The molecular formula is C31H40N2O6. The number of furan rings is 1. The molecule has 0 spiro atoms. The zero-order valence-corrected chi connectivity index (χ0v) is 23.5. The molecule has 0 fully saturated rings. The maximum atomic E-state index is 13.6. The van der Waals surface area contributed by atoms with E-state index in [0.29, 0.717) is 69.2 Å². The van der Waals surface area contributed by atoms with Gasteiger partial charge in [0.1, 0.15) is 11.5 Å². The summed E-state index contributed by atoms with van der Waals surface area (Å²) in [6.07, 6.45) is 2.23. The number of nitrogens with zero attached hydrogens (tertiary/aromatic N) is 2. The number of rotatable bonds is 16. The summed E-state index contributed by atoms with van der Waals surface area (Å²) in [4.78, 5) is 30.3. The molecule has 3 aromatic rings. The molecule has 0 aliphatic heterocycles. The van der Waals surface area contributed by atoms with Gasteiger partial charge in [-0.2, -0.15) is 0 Å². The quantitative estimate of drug-likeness (QED) is 0.248. The van der Waals surface area contributed by atoms with E-state index < -0.39 is 0 Å². The summed E-state index contributed by atoms with van der Waals surface area (Å²) in [5.41, 5.74) is 2.11. The van der Waals surface area contributed by atoms with Crippen molar-refractivity contribution < 1.29 is 28.2 Å². The first-order chi connectivity index (χ1) is 18.9. The Hall–Kier alpha value is -3.78. The van der Waals surface area contributed by atoms with Crippen LogP contribution in [0.15, 0.2) is 65.1 Å². The molecule has 8 heteroatoms. The fourth-order valence-corrected chi connectivity index (χ4v) is 4.36.